The number of benzene rings is 2. The van der Waals surface area contributed by atoms with Gasteiger partial charge in [0, 0.05) is 12.1 Å². The Morgan fingerprint density at radius 2 is 1.90 bits per heavy atom. The Balaban J connectivity index is 1.82. The summed E-state index contributed by atoms with van der Waals surface area (Å²) < 4.78 is 5.06. The molecule has 0 aliphatic heterocycles. The molecule has 0 unspecified atom stereocenters. The van der Waals surface area contributed by atoms with Crippen molar-refractivity contribution in [2.24, 2.45) is 0 Å². The highest BCUT2D eigenvalue weighted by Crippen LogP contribution is 2.26. The van der Waals surface area contributed by atoms with Crippen LogP contribution in [-0.4, -0.2) is 11.2 Å². The van der Waals surface area contributed by atoms with Gasteiger partial charge < -0.3 is 15.2 Å². The van der Waals surface area contributed by atoms with Gasteiger partial charge in [-0.1, -0.05) is 54.1 Å². The van der Waals surface area contributed by atoms with Gasteiger partial charge in [0.05, 0.1) is 5.02 Å². The normalized spacial score (nSPS) is 10.1. The predicted molar refractivity (Wildman–Crippen MR) is 76.6 cm³/mol. The number of phenols is 1. The number of aromatic hydroxyl groups is 1. The van der Waals surface area contributed by atoms with Crippen LogP contribution in [0, 0.1) is 0 Å². The lowest BCUT2D eigenvalue weighted by Gasteiger charge is -2.09. The molecule has 2 aromatic carbocycles. The standard InChI is InChI=1S/C15H14ClNO3/c16-13-8-4-7-12(14(13)18)9-17-15(19)20-10-11-5-2-1-3-6-11/h1-8,18H,9-10H2,(H,17,19). The summed E-state index contributed by atoms with van der Waals surface area (Å²) >= 11 is 5.78. The molecule has 0 bridgehead atoms. The Morgan fingerprint density at radius 3 is 2.65 bits per heavy atom. The highest BCUT2D eigenvalue weighted by atomic mass is 35.5. The summed E-state index contributed by atoms with van der Waals surface area (Å²) in [6, 6.07) is 14.3. The SMILES string of the molecule is O=C(NCc1cccc(Cl)c1O)OCc1ccccc1. The van der Waals surface area contributed by atoms with Crippen molar-refractivity contribution in [2.75, 3.05) is 0 Å². The van der Waals surface area contributed by atoms with E-state index >= 15 is 0 Å². The third-order valence-corrected chi connectivity index (χ3v) is 3.01. The monoisotopic (exact) mass is 291 g/mol. The quantitative estimate of drug-likeness (QED) is 0.907. The molecule has 104 valence electrons. The Labute approximate surface area is 122 Å². The molecule has 5 heteroatoms. The molecule has 20 heavy (non-hydrogen) atoms. The lowest BCUT2D eigenvalue weighted by Crippen LogP contribution is -2.23. The van der Waals surface area contributed by atoms with Crippen LogP contribution in [0.5, 0.6) is 5.75 Å². The molecule has 4 nitrogen and oxygen atoms in total. The topological polar surface area (TPSA) is 58.6 Å². The molecule has 0 saturated carbocycles. The molecule has 0 atom stereocenters. The maximum absolute atomic E-state index is 11.5. The van der Waals surface area contributed by atoms with Gasteiger partial charge in [0.2, 0.25) is 0 Å². The van der Waals surface area contributed by atoms with Crippen molar-refractivity contribution >= 4 is 17.7 Å². The first-order valence-electron chi connectivity index (χ1n) is 6.07. The Kier molecular flexibility index (Phi) is 4.85. The zero-order valence-corrected chi connectivity index (χ0v) is 11.4. The number of amides is 1. The van der Waals surface area contributed by atoms with Crippen molar-refractivity contribution in [1.29, 1.82) is 0 Å². The fraction of sp³-hybridized carbons (Fsp3) is 0.133. The summed E-state index contributed by atoms with van der Waals surface area (Å²) in [6.45, 7) is 0.355. The Bertz CT molecular complexity index is 587. The number of halogens is 1. The van der Waals surface area contributed by atoms with Gasteiger partial charge in [-0.2, -0.15) is 0 Å². The van der Waals surface area contributed by atoms with Gasteiger partial charge in [-0.15, -0.1) is 0 Å². The summed E-state index contributed by atoms with van der Waals surface area (Å²) in [5.74, 6) is -0.0301. The summed E-state index contributed by atoms with van der Waals surface area (Å²) in [4.78, 5) is 11.5. The molecule has 0 aromatic heterocycles. The fourth-order valence-corrected chi connectivity index (χ4v) is 1.84. The highest BCUT2D eigenvalue weighted by molar-refractivity contribution is 6.32. The Morgan fingerprint density at radius 1 is 1.15 bits per heavy atom. The fourth-order valence-electron chi connectivity index (χ4n) is 1.64. The number of ether oxygens (including phenoxy) is 1. The van der Waals surface area contributed by atoms with Gasteiger partial charge in [-0.25, -0.2) is 4.79 Å². The van der Waals surface area contributed by atoms with E-state index in [2.05, 4.69) is 5.32 Å². The maximum atomic E-state index is 11.5. The number of nitrogens with one attached hydrogen (secondary N) is 1. The lowest BCUT2D eigenvalue weighted by atomic mass is 10.2. The average Bonchev–Trinajstić information content (AvgIpc) is 2.48. The minimum Gasteiger partial charge on any atom is -0.506 e. The highest BCUT2D eigenvalue weighted by Gasteiger charge is 2.07. The van der Waals surface area contributed by atoms with Gasteiger partial charge >= 0.3 is 6.09 Å². The third-order valence-electron chi connectivity index (χ3n) is 2.71. The predicted octanol–water partition coefficient (Wildman–Crippen LogP) is 3.47. The molecule has 0 heterocycles. The van der Waals surface area contributed by atoms with Crippen LogP contribution in [0.15, 0.2) is 48.5 Å². The second-order valence-corrected chi connectivity index (χ2v) is 4.57. The van der Waals surface area contributed by atoms with E-state index in [4.69, 9.17) is 16.3 Å². The van der Waals surface area contributed by atoms with E-state index in [1.807, 2.05) is 30.3 Å². The Hall–Kier alpha value is -2.20. The van der Waals surface area contributed by atoms with Crippen molar-refractivity contribution in [2.45, 2.75) is 13.2 Å². The van der Waals surface area contributed by atoms with E-state index in [-0.39, 0.29) is 23.9 Å². The molecule has 0 aliphatic carbocycles. The molecular weight excluding hydrogens is 278 g/mol. The van der Waals surface area contributed by atoms with Crippen molar-refractivity contribution < 1.29 is 14.6 Å². The van der Waals surface area contributed by atoms with E-state index in [0.717, 1.165) is 5.56 Å². The van der Waals surface area contributed by atoms with Crippen LogP contribution in [0.25, 0.3) is 0 Å². The number of alkyl carbamates (subject to hydrolysis) is 1. The van der Waals surface area contributed by atoms with Crippen LogP contribution in [0.1, 0.15) is 11.1 Å². The second-order valence-electron chi connectivity index (χ2n) is 4.16. The number of rotatable bonds is 4. The van der Waals surface area contributed by atoms with Gasteiger partial charge in [0.15, 0.2) is 0 Å². The average molecular weight is 292 g/mol. The number of hydrogen-bond donors (Lipinski definition) is 2. The molecule has 2 aromatic rings. The van der Waals surface area contributed by atoms with Crippen LogP contribution in [0.2, 0.25) is 5.02 Å². The number of carbonyl (C=O) groups is 1. The van der Waals surface area contributed by atoms with Gasteiger partial charge in [0.25, 0.3) is 0 Å². The number of para-hydroxylation sites is 1. The first-order valence-corrected chi connectivity index (χ1v) is 6.45. The van der Waals surface area contributed by atoms with Crippen LogP contribution in [0.4, 0.5) is 4.79 Å². The van der Waals surface area contributed by atoms with Gasteiger partial charge in [-0.3, -0.25) is 0 Å². The molecular formula is C15H14ClNO3. The van der Waals surface area contributed by atoms with Crippen molar-refractivity contribution in [3.8, 4) is 5.75 Å². The third kappa shape index (κ3) is 3.90. The molecule has 0 aliphatic rings. The van der Waals surface area contributed by atoms with Crippen LogP contribution >= 0.6 is 11.6 Å². The first-order chi connectivity index (χ1) is 9.66. The summed E-state index contributed by atoms with van der Waals surface area (Å²) in [5, 5.41) is 12.5. The van der Waals surface area contributed by atoms with Gasteiger partial charge in [-0.05, 0) is 11.6 Å². The largest absolute Gasteiger partial charge is 0.506 e. The number of carbonyl (C=O) groups excluding carboxylic acids is 1. The minimum atomic E-state index is -0.548. The number of phenolic OH excluding ortho intramolecular Hbond substituents is 1. The minimum absolute atomic E-state index is 0.0301. The molecule has 0 spiro atoms. The molecule has 0 radical (unpaired) electrons. The molecule has 0 saturated heterocycles. The summed E-state index contributed by atoms with van der Waals surface area (Å²) in [6.07, 6.45) is -0.548. The van der Waals surface area contributed by atoms with Gasteiger partial charge in [0.1, 0.15) is 12.4 Å². The van der Waals surface area contributed by atoms with E-state index in [0.29, 0.717) is 5.56 Å². The van der Waals surface area contributed by atoms with Crippen LogP contribution < -0.4 is 5.32 Å². The first kappa shape index (κ1) is 14.2. The summed E-state index contributed by atoms with van der Waals surface area (Å²) in [7, 11) is 0. The van der Waals surface area contributed by atoms with E-state index in [1.54, 1.807) is 18.2 Å². The van der Waals surface area contributed by atoms with Crippen molar-refractivity contribution in [3.05, 3.63) is 64.7 Å². The summed E-state index contributed by atoms with van der Waals surface area (Å²) in [5.41, 5.74) is 1.45. The molecule has 1 amide bonds. The number of hydrogen-bond acceptors (Lipinski definition) is 3. The van der Waals surface area contributed by atoms with Crippen LogP contribution in [-0.2, 0) is 17.9 Å². The van der Waals surface area contributed by atoms with E-state index < -0.39 is 6.09 Å². The maximum Gasteiger partial charge on any atom is 0.407 e. The zero-order valence-electron chi connectivity index (χ0n) is 10.7. The lowest BCUT2D eigenvalue weighted by molar-refractivity contribution is 0.139. The van der Waals surface area contributed by atoms with E-state index in [1.165, 1.54) is 0 Å². The zero-order chi connectivity index (χ0) is 14.4. The van der Waals surface area contributed by atoms with Crippen molar-refractivity contribution in [3.63, 3.8) is 0 Å². The van der Waals surface area contributed by atoms with Crippen molar-refractivity contribution in [1.82, 2.24) is 5.32 Å². The van der Waals surface area contributed by atoms with Crippen LogP contribution in [0.3, 0.4) is 0 Å². The smallest absolute Gasteiger partial charge is 0.407 e. The van der Waals surface area contributed by atoms with E-state index in [9.17, 15) is 9.90 Å². The molecule has 0 fully saturated rings. The molecule has 2 rings (SSSR count). The molecule has 2 N–H and O–H groups in total. The second kappa shape index (κ2) is 6.82.